The molecular formula is C18H21N. The van der Waals surface area contributed by atoms with Crippen LogP contribution < -0.4 is 0 Å². The molecular weight excluding hydrogens is 230 g/mol. The highest BCUT2D eigenvalue weighted by Crippen LogP contribution is 2.33. The van der Waals surface area contributed by atoms with Gasteiger partial charge in [0.15, 0.2) is 0 Å². The molecule has 0 fully saturated rings. The van der Waals surface area contributed by atoms with Gasteiger partial charge in [0.2, 0.25) is 0 Å². The molecule has 0 aliphatic rings. The van der Waals surface area contributed by atoms with E-state index in [0.717, 1.165) is 6.42 Å². The molecule has 1 nitrogen and oxygen atoms in total. The van der Waals surface area contributed by atoms with Gasteiger partial charge in [0.1, 0.15) is 0 Å². The van der Waals surface area contributed by atoms with Crippen molar-refractivity contribution in [2.24, 2.45) is 0 Å². The summed E-state index contributed by atoms with van der Waals surface area (Å²) in [6.07, 6.45) is 1.15. The number of hydrogen-bond donors (Lipinski definition) is 0. The molecule has 3 rings (SSSR count). The summed E-state index contributed by atoms with van der Waals surface area (Å²) >= 11 is 0. The second kappa shape index (κ2) is 4.41. The molecule has 0 spiro atoms. The Bertz CT molecular complexity index is 690. The van der Waals surface area contributed by atoms with Gasteiger partial charge in [-0.15, -0.1) is 0 Å². The molecule has 0 aliphatic carbocycles. The minimum Gasteiger partial charge on any atom is -0.338 e. The Hall–Kier alpha value is -1.76. The molecule has 3 aromatic rings. The van der Waals surface area contributed by atoms with Gasteiger partial charge in [-0.2, -0.15) is 0 Å². The molecule has 1 aromatic heterocycles. The van der Waals surface area contributed by atoms with Gasteiger partial charge in [-0.05, 0) is 50.5 Å². The van der Waals surface area contributed by atoms with E-state index >= 15 is 0 Å². The van der Waals surface area contributed by atoms with Gasteiger partial charge < -0.3 is 4.57 Å². The lowest BCUT2D eigenvalue weighted by molar-refractivity contribution is 0.563. The lowest BCUT2D eigenvalue weighted by atomic mass is 10.1. The fraction of sp³-hybridized carbons (Fsp3) is 0.333. The molecule has 19 heavy (non-hydrogen) atoms. The number of hydrogen-bond acceptors (Lipinski definition) is 0. The van der Waals surface area contributed by atoms with Gasteiger partial charge in [0.05, 0.1) is 0 Å². The molecule has 0 saturated heterocycles. The van der Waals surface area contributed by atoms with E-state index in [-0.39, 0.29) is 0 Å². The highest BCUT2D eigenvalue weighted by molar-refractivity contribution is 6.08. The number of rotatable bonds is 2. The Kier molecular flexibility index (Phi) is 2.85. The lowest BCUT2D eigenvalue weighted by Gasteiger charge is -2.15. The minimum atomic E-state index is 0.531. The number of nitrogens with zero attached hydrogens (tertiary/aromatic N) is 1. The molecule has 0 bridgehead atoms. The van der Waals surface area contributed by atoms with Crippen molar-refractivity contribution in [3.8, 4) is 0 Å². The Morgan fingerprint density at radius 3 is 1.79 bits per heavy atom. The second-order valence-corrected chi connectivity index (χ2v) is 5.67. The highest BCUT2D eigenvalue weighted by Gasteiger charge is 2.14. The number of fused-ring (bicyclic) bond motifs is 3. The van der Waals surface area contributed by atoms with Crippen molar-refractivity contribution in [1.82, 2.24) is 4.57 Å². The van der Waals surface area contributed by atoms with Gasteiger partial charge in [-0.1, -0.05) is 31.2 Å². The fourth-order valence-electron chi connectivity index (χ4n) is 2.92. The molecule has 0 aliphatic heterocycles. The van der Waals surface area contributed by atoms with E-state index in [1.807, 2.05) is 0 Å². The Balaban J connectivity index is 2.50. The van der Waals surface area contributed by atoms with E-state index in [2.05, 4.69) is 68.7 Å². The average Bonchev–Trinajstić information content (AvgIpc) is 2.70. The van der Waals surface area contributed by atoms with Gasteiger partial charge in [0, 0.05) is 27.8 Å². The van der Waals surface area contributed by atoms with E-state index in [9.17, 15) is 0 Å². The van der Waals surface area contributed by atoms with Crippen molar-refractivity contribution in [3.63, 3.8) is 0 Å². The predicted molar refractivity (Wildman–Crippen MR) is 83.9 cm³/mol. The first-order valence-electron chi connectivity index (χ1n) is 7.12. The van der Waals surface area contributed by atoms with Crippen LogP contribution in [0.5, 0.6) is 0 Å². The van der Waals surface area contributed by atoms with E-state index in [1.165, 1.54) is 32.9 Å². The summed E-state index contributed by atoms with van der Waals surface area (Å²) in [6, 6.07) is 14.1. The molecule has 0 amide bonds. The van der Waals surface area contributed by atoms with Crippen LogP contribution in [0.25, 0.3) is 21.8 Å². The van der Waals surface area contributed by atoms with Crippen molar-refractivity contribution >= 4 is 21.8 Å². The van der Waals surface area contributed by atoms with Crippen LogP contribution in [0.4, 0.5) is 0 Å². The largest absolute Gasteiger partial charge is 0.338 e. The molecule has 0 saturated carbocycles. The topological polar surface area (TPSA) is 4.93 Å². The quantitative estimate of drug-likeness (QED) is 0.576. The number of aromatic nitrogens is 1. The summed E-state index contributed by atoms with van der Waals surface area (Å²) in [5, 5.41) is 2.75. The smallest absolute Gasteiger partial charge is 0.0496 e. The van der Waals surface area contributed by atoms with Gasteiger partial charge in [0.25, 0.3) is 0 Å². The summed E-state index contributed by atoms with van der Waals surface area (Å²) in [5.74, 6) is 0. The fourth-order valence-corrected chi connectivity index (χ4v) is 2.92. The Labute approximate surface area is 114 Å². The molecule has 98 valence electrons. The van der Waals surface area contributed by atoms with Crippen molar-refractivity contribution in [3.05, 3.63) is 47.5 Å². The summed E-state index contributed by atoms with van der Waals surface area (Å²) in [6.45, 7) is 8.91. The summed E-state index contributed by atoms with van der Waals surface area (Å²) in [7, 11) is 0. The first-order chi connectivity index (χ1) is 9.11. The molecule has 1 heterocycles. The van der Waals surface area contributed by atoms with E-state index < -0.39 is 0 Å². The van der Waals surface area contributed by atoms with Gasteiger partial charge >= 0.3 is 0 Å². The summed E-state index contributed by atoms with van der Waals surface area (Å²) in [5.41, 5.74) is 5.40. The van der Waals surface area contributed by atoms with E-state index in [0.29, 0.717) is 6.04 Å². The van der Waals surface area contributed by atoms with Crippen LogP contribution in [0.2, 0.25) is 0 Å². The normalized spacial score (nSPS) is 13.3. The van der Waals surface area contributed by atoms with E-state index in [4.69, 9.17) is 0 Å². The van der Waals surface area contributed by atoms with Crippen molar-refractivity contribution < 1.29 is 0 Å². The molecule has 1 unspecified atom stereocenters. The van der Waals surface area contributed by atoms with E-state index in [1.54, 1.807) is 0 Å². The van der Waals surface area contributed by atoms with Crippen molar-refractivity contribution in [1.29, 1.82) is 0 Å². The van der Waals surface area contributed by atoms with Crippen molar-refractivity contribution in [2.45, 2.75) is 40.2 Å². The zero-order chi connectivity index (χ0) is 13.6. The SMILES string of the molecule is CCC(C)n1c2cc(C)ccc2c2ccc(C)cc21. The van der Waals surface area contributed by atoms with Crippen LogP contribution in [-0.4, -0.2) is 4.57 Å². The van der Waals surface area contributed by atoms with Crippen LogP contribution in [0.15, 0.2) is 36.4 Å². The molecule has 2 aromatic carbocycles. The third-order valence-electron chi connectivity index (χ3n) is 4.15. The maximum Gasteiger partial charge on any atom is 0.0496 e. The van der Waals surface area contributed by atoms with Crippen LogP contribution in [0, 0.1) is 13.8 Å². The molecule has 0 N–H and O–H groups in total. The lowest BCUT2D eigenvalue weighted by Crippen LogP contribution is -2.03. The molecule has 0 radical (unpaired) electrons. The molecule has 1 atom stereocenters. The Morgan fingerprint density at radius 1 is 0.895 bits per heavy atom. The summed E-state index contributed by atoms with van der Waals surface area (Å²) in [4.78, 5) is 0. The predicted octanol–water partition coefficient (Wildman–Crippen LogP) is 5.38. The first-order valence-corrected chi connectivity index (χ1v) is 7.12. The zero-order valence-corrected chi connectivity index (χ0v) is 12.2. The first kappa shape index (κ1) is 12.3. The minimum absolute atomic E-state index is 0.531. The maximum atomic E-state index is 2.50. The maximum absolute atomic E-state index is 2.50. The third-order valence-corrected chi connectivity index (χ3v) is 4.15. The van der Waals surface area contributed by atoms with Crippen molar-refractivity contribution in [2.75, 3.05) is 0 Å². The number of aryl methyl sites for hydroxylation is 2. The van der Waals surface area contributed by atoms with Crippen LogP contribution in [0.1, 0.15) is 37.4 Å². The average molecular weight is 251 g/mol. The second-order valence-electron chi connectivity index (χ2n) is 5.67. The van der Waals surface area contributed by atoms with Crippen LogP contribution >= 0.6 is 0 Å². The zero-order valence-electron chi connectivity index (χ0n) is 12.2. The summed E-state index contributed by atoms with van der Waals surface area (Å²) < 4.78 is 2.50. The van der Waals surface area contributed by atoms with Gasteiger partial charge in [-0.25, -0.2) is 0 Å². The van der Waals surface area contributed by atoms with Gasteiger partial charge in [-0.3, -0.25) is 0 Å². The molecule has 1 heteroatoms. The highest BCUT2D eigenvalue weighted by atomic mass is 15.0. The Morgan fingerprint density at radius 2 is 1.37 bits per heavy atom. The van der Waals surface area contributed by atoms with Crippen LogP contribution in [0.3, 0.4) is 0 Å². The standard InChI is InChI=1S/C18H21N/c1-5-14(4)19-17-10-12(2)6-8-15(17)16-9-7-13(3)11-18(16)19/h6-11,14H,5H2,1-4H3. The van der Waals surface area contributed by atoms with Crippen LogP contribution in [-0.2, 0) is 0 Å². The monoisotopic (exact) mass is 251 g/mol. The third kappa shape index (κ3) is 1.85. The number of benzene rings is 2.